The Morgan fingerprint density at radius 1 is 1.31 bits per heavy atom. The molecule has 1 N–H and O–H groups in total. The molecule has 8 heteroatoms. The second-order valence-corrected chi connectivity index (χ2v) is 7.07. The zero-order chi connectivity index (χ0) is 18.8. The number of carbonyl (C=O) groups excluding carboxylic acids is 2. The quantitative estimate of drug-likeness (QED) is 0.867. The average molecular weight is 360 g/mol. The third-order valence-electron chi connectivity index (χ3n) is 4.75. The van der Waals surface area contributed by atoms with Crippen LogP contribution in [0.25, 0.3) is 0 Å². The molecule has 8 nitrogen and oxygen atoms in total. The maximum Gasteiger partial charge on any atom is 0.254 e. The first kappa shape index (κ1) is 18.2. The van der Waals surface area contributed by atoms with Gasteiger partial charge in [-0.15, -0.1) is 0 Å². The highest BCUT2D eigenvalue weighted by atomic mass is 16.6. The van der Waals surface area contributed by atoms with Crippen molar-refractivity contribution in [3.8, 4) is 0 Å². The number of H-pyrrole nitrogens is 1. The number of carbonyl (C=O) groups is 2. The van der Waals surface area contributed by atoms with Gasteiger partial charge in [0.25, 0.3) is 5.91 Å². The van der Waals surface area contributed by atoms with Crippen molar-refractivity contribution >= 4 is 17.5 Å². The number of amides is 2. The average Bonchev–Trinajstić information content (AvgIpc) is 2.98. The van der Waals surface area contributed by atoms with Crippen molar-refractivity contribution in [3.63, 3.8) is 0 Å². The van der Waals surface area contributed by atoms with Crippen molar-refractivity contribution in [1.29, 1.82) is 0 Å². The number of nitrogens with zero attached hydrogens (tertiary/aromatic N) is 3. The lowest BCUT2D eigenvalue weighted by Crippen LogP contribution is -2.55. The molecule has 1 unspecified atom stereocenters. The Kier molecular flexibility index (Phi) is 5.11. The number of hydrogen-bond donors (Lipinski definition) is 1. The lowest BCUT2D eigenvalue weighted by Gasteiger charge is -2.40. The highest BCUT2D eigenvalue weighted by Crippen LogP contribution is 2.18. The predicted octanol–water partition coefficient (Wildman–Crippen LogP) is 0.911. The molecule has 1 aromatic rings. The largest absolute Gasteiger partial charge is 0.392 e. The van der Waals surface area contributed by atoms with Crippen LogP contribution in [-0.2, 0) is 9.63 Å². The number of aromatic nitrogens is 1. The molecule has 1 aromatic heterocycles. The van der Waals surface area contributed by atoms with E-state index in [2.05, 4.69) is 10.1 Å². The molecule has 3 rings (SSSR count). The number of aryl methyl sites for hydroxylation is 1. The van der Waals surface area contributed by atoms with Crippen LogP contribution in [0.3, 0.4) is 0 Å². The highest BCUT2D eigenvalue weighted by molar-refractivity contribution is 5.94. The van der Waals surface area contributed by atoms with Crippen LogP contribution in [0.2, 0.25) is 0 Å². The molecule has 1 saturated heterocycles. The summed E-state index contributed by atoms with van der Waals surface area (Å²) in [6.07, 6.45) is 0.799. The summed E-state index contributed by atoms with van der Waals surface area (Å²) in [7, 11) is 0. The van der Waals surface area contributed by atoms with Crippen LogP contribution in [0.4, 0.5) is 0 Å². The van der Waals surface area contributed by atoms with Gasteiger partial charge >= 0.3 is 0 Å². The molecule has 2 amide bonds. The summed E-state index contributed by atoms with van der Waals surface area (Å²) in [6, 6.07) is 2.87. The Balaban J connectivity index is 1.60. The first-order valence-corrected chi connectivity index (χ1v) is 8.82. The third-order valence-corrected chi connectivity index (χ3v) is 4.75. The first-order chi connectivity index (χ1) is 12.3. The van der Waals surface area contributed by atoms with E-state index in [0.717, 1.165) is 5.71 Å². The molecule has 3 heterocycles. The van der Waals surface area contributed by atoms with E-state index in [-0.39, 0.29) is 29.5 Å². The fourth-order valence-corrected chi connectivity index (χ4v) is 3.46. The van der Waals surface area contributed by atoms with E-state index in [1.54, 1.807) is 22.8 Å². The fourth-order valence-electron chi connectivity index (χ4n) is 3.46. The maximum atomic E-state index is 12.7. The lowest BCUT2D eigenvalue weighted by atomic mass is 10.1. The number of nitrogens with one attached hydrogen (secondary N) is 1. The number of piperazine rings is 1. The molecule has 140 valence electrons. The summed E-state index contributed by atoms with van der Waals surface area (Å²) in [4.78, 5) is 48.2. The van der Waals surface area contributed by atoms with Crippen LogP contribution >= 0.6 is 0 Å². The SMILES string of the molecule is CC1=NOC(CC(=O)N2CCN(C(=O)c3cc(C)[nH]c(=O)c3)[C@@H](C)C2)C1. The standard InChI is InChI=1S/C18H24N4O4/c1-11-6-14(8-16(23)19-11)18(25)22-5-4-21(10-13(22)3)17(24)9-15-7-12(2)20-26-15/h6,8,13,15H,4-5,7,9-10H2,1-3H3,(H,19,23)/t13-,15?/m0/s1. The minimum Gasteiger partial charge on any atom is -0.392 e. The highest BCUT2D eigenvalue weighted by Gasteiger charge is 2.32. The zero-order valence-corrected chi connectivity index (χ0v) is 15.3. The first-order valence-electron chi connectivity index (χ1n) is 8.82. The van der Waals surface area contributed by atoms with Crippen molar-refractivity contribution in [2.45, 2.75) is 45.8 Å². The van der Waals surface area contributed by atoms with Crippen LogP contribution < -0.4 is 5.56 Å². The van der Waals surface area contributed by atoms with E-state index in [4.69, 9.17) is 4.84 Å². The summed E-state index contributed by atoms with van der Waals surface area (Å²) in [5.41, 5.74) is 1.64. The van der Waals surface area contributed by atoms with Gasteiger partial charge in [0.1, 0.15) is 6.10 Å². The van der Waals surface area contributed by atoms with Gasteiger partial charge in [0.2, 0.25) is 11.5 Å². The maximum absolute atomic E-state index is 12.7. The minimum atomic E-state index is -0.288. The molecule has 0 spiro atoms. The molecule has 2 aliphatic heterocycles. The van der Waals surface area contributed by atoms with E-state index in [1.165, 1.54) is 6.07 Å². The molecule has 2 aliphatic rings. The van der Waals surface area contributed by atoms with Gasteiger partial charge in [0.15, 0.2) is 0 Å². The molecule has 26 heavy (non-hydrogen) atoms. The third kappa shape index (κ3) is 3.95. The molecule has 0 aliphatic carbocycles. The Hall–Kier alpha value is -2.64. The molecular formula is C18H24N4O4. The van der Waals surface area contributed by atoms with Gasteiger partial charge in [0.05, 0.1) is 12.1 Å². The van der Waals surface area contributed by atoms with Crippen LogP contribution in [0.15, 0.2) is 22.1 Å². The minimum absolute atomic E-state index is 0.0193. The Morgan fingerprint density at radius 3 is 2.69 bits per heavy atom. The van der Waals surface area contributed by atoms with Crippen molar-refractivity contribution < 1.29 is 14.4 Å². The summed E-state index contributed by atoms with van der Waals surface area (Å²) < 4.78 is 0. The van der Waals surface area contributed by atoms with E-state index < -0.39 is 0 Å². The van der Waals surface area contributed by atoms with Gasteiger partial charge in [-0.2, -0.15) is 0 Å². The summed E-state index contributed by atoms with van der Waals surface area (Å²) in [5, 5.41) is 3.88. The van der Waals surface area contributed by atoms with Gasteiger partial charge in [-0.25, -0.2) is 0 Å². The summed E-state index contributed by atoms with van der Waals surface area (Å²) in [6.45, 7) is 6.93. The lowest BCUT2D eigenvalue weighted by molar-refractivity contribution is -0.136. The molecule has 0 aromatic carbocycles. The monoisotopic (exact) mass is 360 g/mol. The van der Waals surface area contributed by atoms with Crippen molar-refractivity contribution in [2.24, 2.45) is 5.16 Å². The molecule has 2 atom stereocenters. The van der Waals surface area contributed by atoms with Crippen molar-refractivity contribution in [3.05, 3.63) is 33.7 Å². The fraction of sp³-hybridized carbons (Fsp3) is 0.556. The van der Waals surface area contributed by atoms with E-state index in [1.807, 2.05) is 13.8 Å². The van der Waals surface area contributed by atoms with Crippen LogP contribution in [-0.4, -0.2) is 64.1 Å². The number of pyridine rings is 1. The predicted molar refractivity (Wildman–Crippen MR) is 96.1 cm³/mol. The Labute approximate surface area is 151 Å². The van der Waals surface area contributed by atoms with Gasteiger partial charge in [0, 0.05) is 49.4 Å². The molecule has 1 fully saturated rings. The second kappa shape index (κ2) is 7.31. The van der Waals surface area contributed by atoms with E-state index in [9.17, 15) is 14.4 Å². The Bertz CT molecular complexity index is 801. The summed E-state index contributed by atoms with van der Waals surface area (Å²) >= 11 is 0. The second-order valence-electron chi connectivity index (χ2n) is 7.07. The number of aromatic amines is 1. The van der Waals surface area contributed by atoms with Gasteiger partial charge in [-0.05, 0) is 26.8 Å². The van der Waals surface area contributed by atoms with Crippen LogP contribution in [0.5, 0.6) is 0 Å². The summed E-state index contributed by atoms with van der Waals surface area (Å²) in [5.74, 6) is -0.159. The zero-order valence-electron chi connectivity index (χ0n) is 15.3. The van der Waals surface area contributed by atoms with E-state index >= 15 is 0 Å². The van der Waals surface area contributed by atoms with Crippen molar-refractivity contribution in [1.82, 2.24) is 14.8 Å². The van der Waals surface area contributed by atoms with Gasteiger partial charge in [-0.3, -0.25) is 14.4 Å². The topological polar surface area (TPSA) is 95.1 Å². The Morgan fingerprint density at radius 2 is 2.08 bits per heavy atom. The van der Waals surface area contributed by atoms with Crippen LogP contribution in [0.1, 0.15) is 42.7 Å². The molecular weight excluding hydrogens is 336 g/mol. The van der Waals surface area contributed by atoms with Gasteiger partial charge < -0.3 is 19.6 Å². The molecule has 0 bridgehead atoms. The molecule has 0 saturated carbocycles. The number of hydrogen-bond acceptors (Lipinski definition) is 5. The van der Waals surface area contributed by atoms with Crippen LogP contribution in [0, 0.1) is 6.92 Å². The molecule has 0 radical (unpaired) electrons. The van der Waals surface area contributed by atoms with E-state index in [0.29, 0.717) is 43.7 Å². The number of oxime groups is 1. The number of rotatable bonds is 3. The normalized spacial score (nSPS) is 22.8. The van der Waals surface area contributed by atoms with Crippen molar-refractivity contribution in [2.75, 3.05) is 19.6 Å². The van der Waals surface area contributed by atoms with Gasteiger partial charge in [-0.1, -0.05) is 5.16 Å². The smallest absolute Gasteiger partial charge is 0.254 e.